The molecule has 0 saturated heterocycles. The topological polar surface area (TPSA) is 66.4 Å². The molecule has 2 aromatic carbocycles. The van der Waals surface area contributed by atoms with E-state index in [0.717, 1.165) is 16.7 Å². The Bertz CT molecular complexity index is 757. The van der Waals surface area contributed by atoms with E-state index < -0.39 is 10.0 Å². The second kappa shape index (κ2) is 8.42. The molecular formula is C19H25NO3S. The average Bonchev–Trinajstić information content (AvgIpc) is 2.54. The number of rotatable bonds is 8. The Morgan fingerprint density at radius 2 is 1.75 bits per heavy atom. The maximum atomic E-state index is 12.5. The molecule has 0 heterocycles. The van der Waals surface area contributed by atoms with Crippen LogP contribution in [0.3, 0.4) is 0 Å². The zero-order valence-electron chi connectivity index (χ0n) is 14.2. The molecule has 0 spiro atoms. The first-order chi connectivity index (χ1) is 11.4. The third-order valence-corrected chi connectivity index (χ3v) is 5.77. The molecule has 24 heavy (non-hydrogen) atoms. The lowest BCUT2D eigenvalue weighted by atomic mass is 9.93. The van der Waals surface area contributed by atoms with Crippen LogP contribution in [-0.2, 0) is 10.0 Å². The normalized spacial score (nSPS) is 13.0. The van der Waals surface area contributed by atoms with Gasteiger partial charge in [0.15, 0.2) is 0 Å². The summed E-state index contributed by atoms with van der Waals surface area (Å²) in [6.07, 6.45) is 1.27. The largest absolute Gasteiger partial charge is 0.396 e. The first-order valence-electron chi connectivity index (χ1n) is 8.17. The van der Waals surface area contributed by atoms with E-state index in [0.29, 0.717) is 24.3 Å². The fourth-order valence-corrected chi connectivity index (χ4v) is 4.18. The van der Waals surface area contributed by atoms with E-state index in [9.17, 15) is 13.5 Å². The van der Waals surface area contributed by atoms with Crippen LogP contribution in [0.4, 0.5) is 0 Å². The first kappa shape index (κ1) is 18.6. The van der Waals surface area contributed by atoms with E-state index >= 15 is 0 Å². The molecule has 130 valence electrons. The van der Waals surface area contributed by atoms with Crippen molar-refractivity contribution in [2.45, 2.75) is 37.5 Å². The lowest BCUT2D eigenvalue weighted by Gasteiger charge is -2.17. The van der Waals surface area contributed by atoms with Crippen molar-refractivity contribution in [3.63, 3.8) is 0 Å². The summed E-state index contributed by atoms with van der Waals surface area (Å²) in [5, 5.41) is 9.26. The Labute approximate surface area is 144 Å². The maximum Gasteiger partial charge on any atom is 0.240 e. The predicted octanol–water partition coefficient (Wildman–Crippen LogP) is 3.14. The maximum absolute atomic E-state index is 12.5. The zero-order valence-corrected chi connectivity index (χ0v) is 15.0. The van der Waals surface area contributed by atoms with Crippen molar-refractivity contribution in [3.05, 3.63) is 65.2 Å². The zero-order chi connectivity index (χ0) is 17.6. The molecular weight excluding hydrogens is 322 g/mol. The fraction of sp³-hybridized carbons (Fsp3) is 0.368. The van der Waals surface area contributed by atoms with Gasteiger partial charge in [-0.15, -0.1) is 0 Å². The number of nitrogens with one attached hydrogen (secondary N) is 1. The van der Waals surface area contributed by atoms with Gasteiger partial charge in [0, 0.05) is 13.2 Å². The molecule has 0 aliphatic rings. The Hall–Kier alpha value is -1.69. The van der Waals surface area contributed by atoms with Crippen LogP contribution in [0.15, 0.2) is 53.4 Å². The van der Waals surface area contributed by atoms with Crippen molar-refractivity contribution < 1.29 is 13.5 Å². The highest BCUT2D eigenvalue weighted by Crippen LogP contribution is 2.23. The summed E-state index contributed by atoms with van der Waals surface area (Å²) in [5.41, 5.74) is 2.91. The van der Waals surface area contributed by atoms with Crippen molar-refractivity contribution in [3.8, 4) is 0 Å². The number of aryl methyl sites for hydroxylation is 2. The number of aliphatic hydroxyl groups excluding tert-OH is 1. The number of benzene rings is 2. The highest BCUT2D eigenvalue weighted by atomic mass is 32.2. The molecule has 4 nitrogen and oxygen atoms in total. The number of hydrogen-bond acceptors (Lipinski definition) is 3. The monoisotopic (exact) mass is 347 g/mol. The molecule has 0 saturated carbocycles. The van der Waals surface area contributed by atoms with Crippen LogP contribution in [-0.4, -0.2) is 26.7 Å². The van der Waals surface area contributed by atoms with Gasteiger partial charge in [0.2, 0.25) is 10.0 Å². The lowest BCUT2D eigenvalue weighted by molar-refractivity contribution is 0.273. The van der Waals surface area contributed by atoms with Crippen molar-refractivity contribution in [2.24, 2.45) is 0 Å². The van der Waals surface area contributed by atoms with Crippen molar-refractivity contribution >= 4 is 10.0 Å². The molecule has 2 rings (SSSR count). The molecule has 0 aliphatic heterocycles. The van der Waals surface area contributed by atoms with Gasteiger partial charge < -0.3 is 5.11 Å². The van der Waals surface area contributed by atoms with Crippen LogP contribution < -0.4 is 4.72 Å². The van der Waals surface area contributed by atoms with Crippen molar-refractivity contribution in [1.82, 2.24) is 4.72 Å². The molecule has 0 aromatic heterocycles. The molecule has 0 unspecified atom stereocenters. The first-order valence-corrected chi connectivity index (χ1v) is 9.65. The molecule has 5 heteroatoms. The van der Waals surface area contributed by atoms with E-state index in [1.54, 1.807) is 19.1 Å². The van der Waals surface area contributed by atoms with Gasteiger partial charge in [-0.1, -0.05) is 48.0 Å². The Balaban J connectivity index is 2.03. The third-order valence-electron chi connectivity index (χ3n) is 4.15. The minimum atomic E-state index is -3.51. The molecule has 0 aliphatic carbocycles. The smallest absolute Gasteiger partial charge is 0.240 e. The van der Waals surface area contributed by atoms with Gasteiger partial charge in [-0.25, -0.2) is 13.1 Å². The minimum absolute atomic E-state index is 0.0867. The van der Waals surface area contributed by atoms with E-state index in [1.807, 2.05) is 43.3 Å². The van der Waals surface area contributed by atoms with E-state index in [4.69, 9.17) is 0 Å². The van der Waals surface area contributed by atoms with Gasteiger partial charge in [0.05, 0.1) is 4.90 Å². The summed E-state index contributed by atoms with van der Waals surface area (Å²) in [6, 6.07) is 15.2. The third kappa shape index (κ3) is 4.90. The average molecular weight is 347 g/mol. The van der Waals surface area contributed by atoms with Crippen LogP contribution in [0.25, 0.3) is 0 Å². The second-order valence-electron chi connectivity index (χ2n) is 6.08. The quantitative estimate of drug-likeness (QED) is 0.771. The molecule has 0 radical (unpaired) electrons. The van der Waals surface area contributed by atoms with Crippen LogP contribution >= 0.6 is 0 Å². The minimum Gasteiger partial charge on any atom is -0.396 e. The molecule has 0 bridgehead atoms. The number of aliphatic hydroxyl groups is 1. The van der Waals surface area contributed by atoms with Gasteiger partial charge in [-0.2, -0.15) is 0 Å². The van der Waals surface area contributed by atoms with Gasteiger partial charge in [-0.05, 0) is 49.8 Å². The Morgan fingerprint density at radius 3 is 2.38 bits per heavy atom. The summed E-state index contributed by atoms with van der Waals surface area (Å²) < 4.78 is 27.6. The van der Waals surface area contributed by atoms with Crippen molar-refractivity contribution in [1.29, 1.82) is 0 Å². The summed E-state index contributed by atoms with van der Waals surface area (Å²) in [7, 11) is -3.51. The number of hydrogen-bond donors (Lipinski definition) is 2. The number of sulfonamides is 1. The molecule has 0 amide bonds. The summed E-state index contributed by atoms with van der Waals surface area (Å²) in [6.45, 7) is 4.18. The molecule has 2 aromatic rings. The SMILES string of the molecule is Cc1ccc(S(=O)(=O)NCC[C@@H](CCO)c2ccccc2)c(C)c1. The summed E-state index contributed by atoms with van der Waals surface area (Å²) >= 11 is 0. The van der Waals surface area contributed by atoms with Gasteiger partial charge >= 0.3 is 0 Å². The van der Waals surface area contributed by atoms with Crippen LogP contribution in [0.1, 0.15) is 35.4 Å². The van der Waals surface area contributed by atoms with Crippen LogP contribution in [0.2, 0.25) is 0 Å². The Morgan fingerprint density at radius 1 is 1.04 bits per heavy atom. The summed E-state index contributed by atoms with van der Waals surface area (Å²) in [4.78, 5) is 0.325. The van der Waals surface area contributed by atoms with E-state index in [1.165, 1.54) is 0 Å². The fourth-order valence-electron chi connectivity index (χ4n) is 2.90. The van der Waals surface area contributed by atoms with E-state index in [2.05, 4.69) is 4.72 Å². The van der Waals surface area contributed by atoms with Gasteiger partial charge in [0.1, 0.15) is 0 Å². The lowest BCUT2D eigenvalue weighted by Crippen LogP contribution is -2.26. The highest BCUT2D eigenvalue weighted by Gasteiger charge is 2.18. The highest BCUT2D eigenvalue weighted by molar-refractivity contribution is 7.89. The van der Waals surface area contributed by atoms with E-state index in [-0.39, 0.29) is 12.5 Å². The van der Waals surface area contributed by atoms with Crippen LogP contribution in [0, 0.1) is 13.8 Å². The van der Waals surface area contributed by atoms with Crippen LogP contribution in [0.5, 0.6) is 0 Å². The van der Waals surface area contributed by atoms with Crippen molar-refractivity contribution in [2.75, 3.05) is 13.2 Å². The molecule has 0 fully saturated rings. The van der Waals surface area contributed by atoms with Gasteiger partial charge in [-0.3, -0.25) is 0 Å². The standard InChI is InChI=1S/C19H25NO3S/c1-15-8-9-19(16(2)14-15)24(22,23)20-12-10-18(11-13-21)17-6-4-3-5-7-17/h3-9,14,18,20-21H,10-13H2,1-2H3/t18-/m0/s1. The van der Waals surface area contributed by atoms with Gasteiger partial charge in [0.25, 0.3) is 0 Å². The molecule has 2 N–H and O–H groups in total. The predicted molar refractivity (Wildman–Crippen MR) is 96.6 cm³/mol. The second-order valence-corrected chi connectivity index (χ2v) is 7.81. The molecule has 1 atom stereocenters. The Kier molecular flexibility index (Phi) is 6.54. The summed E-state index contributed by atoms with van der Waals surface area (Å²) in [5.74, 6) is 0.137.